The average molecular weight is 316 g/mol. The van der Waals surface area contributed by atoms with Crippen molar-refractivity contribution < 1.29 is 17.6 Å². The Bertz CT molecular complexity index is 556. The van der Waals surface area contributed by atoms with Crippen molar-refractivity contribution in [3.63, 3.8) is 0 Å². The van der Waals surface area contributed by atoms with Gasteiger partial charge in [-0.25, -0.2) is 17.6 Å². The van der Waals surface area contributed by atoms with E-state index in [1.807, 2.05) is 30.5 Å². The first kappa shape index (κ1) is 16.8. The van der Waals surface area contributed by atoms with Crippen molar-refractivity contribution in [1.82, 2.24) is 9.88 Å². The summed E-state index contributed by atoms with van der Waals surface area (Å²) in [4.78, 5) is 4.85. The van der Waals surface area contributed by atoms with Gasteiger partial charge in [0.05, 0.1) is 0 Å². The van der Waals surface area contributed by atoms with Crippen molar-refractivity contribution in [2.24, 2.45) is 0 Å². The fraction of sp³-hybridized carbons (Fsp3) is 0.500. The van der Waals surface area contributed by atoms with Gasteiger partial charge in [-0.1, -0.05) is 18.2 Å². The molecule has 2 aromatic rings. The van der Waals surface area contributed by atoms with Crippen LogP contribution in [0.25, 0.3) is 10.9 Å². The molecule has 122 valence electrons. The minimum absolute atomic E-state index is 0.146. The number of halogens is 4. The van der Waals surface area contributed by atoms with E-state index in [0.717, 1.165) is 16.5 Å². The third-order valence-electron chi connectivity index (χ3n) is 3.70. The van der Waals surface area contributed by atoms with E-state index in [-0.39, 0.29) is 25.9 Å². The summed E-state index contributed by atoms with van der Waals surface area (Å²) in [5, 5.41) is 1.09. The monoisotopic (exact) mass is 316 g/mol. The first-order chi connectivity index (χ1) is 10.6. The zero-order chi connectivity index (χ0) is 15.9. The van der Waals surface area contributed by atoms with Crippen LogP contribution in [0.15, 0.2) is 30.5 Å². The second-order valence-electron chi connectivity index (χ2n) is 5.31. The van der Waals surface area contributed by atoms with Gasteiger partial charge in [-0.2, -0.15) is 0 Å². The number of aromatic nitrogens is 1. The van der Waals surface area contributed by atoms with Crippen LogP contribution < -0.4 is 0 Å². The topological polar surface area (TPSA) is 19.0 Å². The second kappa shape index (κ2) is 8.17. The Morgan fingerprint density at radius 1 is 0.909 bits per heavy atom. The van der Waals surface area contributed by atoms with E-state index in [1.165, 1.54) is 0 Å². The predicted octanol–water partition coefficient (Wildman–Crippen LogP) is 4.32. The number of para-hydroxylation sites is 1. The number of nitrogens with one attached hydrogen (secondary N) is 1. The quantitative estimate of drug-likeness (QED) is 0.683. The first-order valence-electron chi connectivity index (χ1n) is 7.40. The van der Waals surface area contributed by atoms with Crippen molar-refractivity contribution in [2.75, 3.05) is 19.6 Å². The van der Waals surface area contributed by atoms with Crippen molar-refractivity contribution in [2.45, 2.75) is 32.1 Å². The van der Waals surface area contributed by atoms with Gasteiger partial charge in [0.1, 0.15) is 0 Å². The highest BCUT2D eigenvalue weighted by atomic mass is 19.3. The molecule has 2 rings (SSSR count). The molecule has 1 aromatic heterocycles. The van der Waals surface area contributed by atoms with E-state index in [1.54, 1.807) is 4.90 Å². The molecular weight excluding hydrogens is 296 g/mol. The normalized spacial score (nSPS) is 12.1. The Morgan fingerprint density at radius 2 is 1.55 bits per heavy atom. The number of fused-ring (bicyclic) bond motifs is 1. The molecule has 1 aromatic carbocycles. The highest BCUT2D eigenvalue weighted by Crippen LogP contribution is 2.18. The fourth-order valence-corrected chi connectivity index (χ4v) is 2.51. The molecule has 0 aliphatic carbocycles. The molecule has 0 amide bonds. The van der Waals surface area contributed by atoms with Gasteiger partial charge in [-0.3, -0.25) is 0 Å². The van der Waals surface area contributed by atoms with Crippen LogP contribution in [0.4, 0.5) is 17.6 Å². The second-order valence-corrected chi connectivity index (χ2v) is 5.31. The highest BCUT2D eigenvalue weighted by Gasteiger charge is 2.13. The van der Waals surface area contributed by atoms with Gasteiger partial charge in [0.2, 0.25) is 12.9 Å². The highest BCUT2D eigenvalue weighted by molar-refractivity contribution is 5.83. The summed E-state index contributed by atoms with van der Waals surface area (Å²) in [5.74, 6) is 0. The van der Waals surface area contributed by atoms with Crippen LogP contribution in [-0.2, 0) is 6.42 Å². The van der Waals surface area contributed by atoms with Crippen molar-refractivity contribution in [1.29, 1.82) is 0 Å². The largest absolute Gasteiger partial charge is 0.361 e. The van der Waals surface area contributed by atoms with Crippen LogP contribution in [0.3, 0.4) is 0 Å². The molecule has 2 nitrogen and oxygen atoms in total. The molecular formula is C16H20F4N2. The summed E-state index contributed by atoms with van der Waals surface area (Å²) < 4.78 is 49.3. The molecule has 0 unspecified atom stereocenters. The van der Waals surface area contributed by atoms with Crippen LogP contribution in [0.2, 0.25) is 0 Å². The summed E-state index contributed by atoms with van der Waals surface area (Å²) in [6, 6.07) is 7.82. The predicted molar refractivity (Wildman–Crippen MR) is 79.7 cm³/mol. The van der Waals surface area contributed by atoms with E-state index >= 15 is 0 Å². The van der Waals surface area contributed by atoms with Gasteiger partial charge in [-0.15, -0.1) is 0 Å². The molecule has 0 atom stereocenters. The number of benzene rings is 1. The number of aromatic amines is 1. The molecule has 0 saturated heterocycles. The smallest absolute Gasteiger partial charge is 0.239 e. The van der Waals surface area contributed by atoms with Gasteiger partial charge < -0.3 is 9.88 Å². The van der Waals surface area contributed by atoms with Crippen LogP contribution >= 0.6 is 0 Å². The molecule has 6 heteroatoms. The Kier molecular flexibility index (Phi) is 6.24. The lowest BCUT2D eigenvalue weighted by atomic mass is 10.1. The maximum Gasteiger partial charge on any atom is 0.239 e. The molecule has 0 bridgehead atoms. The SMILES string of the molecule is FC(F)CCN(CCc1c[nH]c2ccccc12)CCC(F)F. The van der Waals surface area contributed by atoms with Gasteiger partial charge in [0, 0.05) is 49.6 Å². The van der Waals surface area contributed by atoms with E-state index in [9.17, 15) is 17.6 Å². The molecule has 0 fully saturated rings. The lowest BCUT2D eigenvalue weighted by Crippen LogP contribution is -2.30. The fourth-order valence-electron chi connectivity index (χ4n) is 2.51. The maximum absolute atomic E-state index is 12.3. The minimum atomic E-state index is -2.40. The molecule has 0 spiro atoms. The number of rotatable bonds is 9. The number of alkyl halides is 4. The molecule has 1 N–H and O–H groups in total. The summed E-state index contributed by atoms with van der Waals surface area (Å²) in [6.07, 6.45) is -2.82. The minimum Gasteiger partial charge on any atom is -0.361 e. The molecule has 1 heterocycles. The standard InChI is InChI=1S/C16H20F4N2/c17-15(18)6-9-22(10-7-16(19)20)8-5-12-11-21-14-4-2-1-3-13(12)14/h1-4,11,15-16,21H,5-10H2. The molecule has 0 aliphatic heterocycles. The third kappa shape index (κ3) is 5.02. The van der Waals surface area contributed by atoms with Crippen LogP contribution in [-0.4, -0.2) is 42.4 Å². The lowest BCUT2D eigenvalue weighted by molar-refractivity contribution is 0.0954. The Hall–Kier alpha value is -1.56. The van der Waals surface area contributed by atoms with Crippen LogP contribution in [0, 0.1) is 0 Å². The number of H-pyrrole nitrogens is 1. The van der Waals surface area contributed by atoms with Crippen LogP contribution in [0.1, 0.15) is 18.4 Å². The first-order valence-corrected chi connectivity index (χ1v) is 7.40. The Balaban J connectivity index is 1.94. The van der Waals surface area contributed by atoms with E-state index < -0.39 is 12.9 Å². The van der Waals surface area contributed by atoms with Gasteiger partial charge in [0.15, 0.2) is 0 Å². The van der Waals surface area contributed by atoms with E-state index in [0.29, 0.717) is 13.0 Å². The van der Waals surface area contributed by atoms with Gasteiger partial charge in [-0.05, 0) is 18.1 Å². The maximum atomic E-state index is 12.3. The molecule has 0 saturated carbocycles. The third-order valence-corrected chi connectivity index (χ3v) is 3.70. The number of nitrogens with zero attached hydrogens (tertiary/aromatic N) is 1. The summed E-state index contributed by atoms with van der Waals surface area (Å²) in [5.41, 5.74) is 2.10. The van der Waals surface area contributed by atoms with Crippen molar-refractivity contribution in [3.05, 3.63) is 36.0 Å². The molecule has 0 aliphatic rings. The molecule has 22 heavy (non-hydrogen) atoms. The zero-order valence-electron chi connectivity index (χ0n) is 12.2. The van der Waals surface area contributed by atoms with Gasteiger partial charge in [0.25, 0.3) is 0 Å². The summed E-state index contributed by atoms with van der Waals surface area (Å²) in [7, 11) is 0. The van der Waals surface area contributed by atoms with E-state index in [2.05, 4.69) is 4.98 Å². The summed E-state index contributed by atoms with van der Waals surface area (Å²) >= 11 is 0. The van der Waals surface area contributed by atoms with Crippen LogP contribution in [0.5, 0.6) is 0 Å². The van der Waals surface area contributed by atoms with Gasteiger partial charge >= 0.3 is 0 Å². The van der Waals surface area contributed by atoms with Crippen molar-refractivity contribution >= 4 is 10.9 Å². The summed E-state index contributed by atoms with van der Waals surface area (Å²) in [6.45, 7) is 0.792. The average Bonchev–Trinajstić information content (AvgIpc) is 2.89. The van der Waals surface area contributed by atoms with E-state index in [4.69, 9.17) is 0 Å². The Morgan fingerprint density at radius 3 is 2.18 bits per heavy atom. The number of hydrogen-bond donors (Lipinski definition) is 1. The zero-order valence-corrected chi connectivity index (χ0v) is 12.2. The Labute approximate surface area is 127 Å². The number of hydrogen-bond acceptors (Lipinski definition) is 1. The lowest BCUT2D eigenvalue weighted by Gasteiger charge is -2.21. The van der Waals surface area contributed by atoms with Crippen molar-refractivity contribution in [3.8, 4) is 0 Å². The molecule has 0 radical (unpaired) electrons.